The zero-order valence-electron chi connectivity index (χ0n) is 11.2. The monoisotopic (exact) mass is 237 g/mol. The summed E-state index contributed by atoms with van der Waals surface area (Å²) in [5.41, 5.74) is 0. The summed E-state index contributed by atoms with van der Waals surface area (Å²) in [5, 5.41) is 3.83. The van der Waals surface area contributed by atoms with Crippen molar-refractivity contribution in [1.29, 1.82) is 0 Å². The van der Waals surface area contributed by atoms with Crippen LogP contribution in [0.25, 0.3) is 0 Å². The molecule has 3 saturated carbocycles. The highest BCUT2D eigenvalue weighted by Crippen LogP contribution is 2.48. The molecule has 17 heavy (non-hydrogen) atoms. The number of rotatable bonds is 4. The zero-order chi connectivity index (χ0) is 11.7. The SMILES string of the molecule is COC1CCCC(NCC2CC3CCC2C3)C1. The highest BCUT2D eigenvalue weighted by atomic mass is 16.5. The van der Waals surface area contributed by atoms with E-state index in [9.17, 15) is 0 Å². The Morgan fingerprint density at radius 3 is 2.71 bits per heavy atom. The summed E-state index contributed by atoms with van der Waals surface area (Å²) >= 11 is 0. The van der Waals surface area contributed by atoms with E-state index in [0.717, 1.165) is 23.8 Å². The van der Waals surface area contributed by atoms with E-state index in [2.05, 4.69) is 5.32 Å². The Morgan fingerprint density at radius 2 is 2.00 bits per heavy atom. The molecule has 0 amide bonds. The third-order valence-corrected chi connectivity index (χ3v) is 5.51. The van der Waals surface area contributed by atoms with Gasteiger partial charge in [-0.3, -0.25) is 0 Å². The van der Waals surface area contributed by atoms with Gasteiger partial charge in [0.15, 0.2) is 0 Å². The first-order valence-electron chi connectivity index (χ1n) is 7.61. The normalized spacial score (nSPS) is 45.4. The Morgan fingerprint density at radius 1 is 1.06 bits per heavy atom. The van der Waals surface area contributed by atoms with Crippen LogP contribution < -0.4 is 5.32 Å². The lowest BCUT2D eigenvalue weighted by Gasteiger charge is -2.31. The van der Waals surface area contributed by atoms with Crippen molar-refractivity contribution >= 4 is 0 Å². The first-order valence-corrected chi connectivity index (χ1v) is 7.61. The molecule has 98 valence electrons. The lowest BCUT2D eigenvalue weighted by Crippen LogP contribution is -2.40. The highest BCUT2D eigenvalue weighted by Gasteiger charge is 2.39. The van der Waals surface area contributed by atoms with Crippen LogP contribution in [0.3, 0.4) is 0 Å². The minimum Gasteiger partial charge on any atom is -0.381 e. The molecule has 1 N–H and O–H groups in total. The average Bonchev–Trinajstić information content (AvgIpc) is 2.99. The van der Waals surface area contributed by atoms with E-state index in [1.54, 1.807) is 0 Å². The molecular weight excluding hydrogens is 210 g/mol. The van der Waals surface area contributed by atoms with Crippen molar-refractivity contribution in [3.63, 3.8) is 0 Å². The number of hydrogen-bond acceptors (Lipinski definition) is 2. The van der Waals surface area contributed by atoms with Crippen molar-refractivity contribution in [2.24, 2.45) is 17.8 Å². The summed E-state index contributed by atoms with van der Waals surface area (Å²) in [5.74, 6) is 3.15. The molecule has 0 saturated heterocycles. The fourth-order valence-corrected chi connectivity index (χ4v) is 4.49. The average molecular weight is 237 g/mol. The minimum atomic E-state index is 0.515. The summed E-state index contributed by atoms with van der Waals surface area (Å²) in [6, 6.07) is 0.729. The van der Waals surface area contributed by atoms with Gasteiger partial charge in [0.25, 0.3) is 0 Å². The van der Waals surface area contributed by atoms with E-state index in [0.29, 0.717) is 6.10 Å². The van der Waals surface area contributed by atoms with Crippen LogP contribution in [0, 0.1) is 17.8 Å². The van der Waals surface area contributed by atoms with Gasteiger partial charge < -0.3 is 10.1 Å². The van der Waals surface area contributed by atoms with Crippen molar-refractivity contribution in [3.05, 3.63) is 0 Å². The molecule has 2 nitrogen and oxygen atoms in total. The molecule has 0 aromatic carbocycles. The molecule has 0 aliphatic heterocycles. The molecule has 0 spiro atoms. The molecule has 5 atom stereocenters. The van der Waals surface area contributed by atoms with Gasteiger partial charge in [-0.2, -0.15) is 0 Å². The Labute approximate surface area is 105 Å². The largest absolute Gasteiger partial charge is 0.381 e. The summed E-state index contributed by atoms with van der Waals surface area (Å²) in [4.78, 5) is 0. The van der Waals surface area contributed by atoms with E-state index >= 15 is 0 Å². The van der Waals surface area contributed by atoms with Gasteiger partial charge in [-0.25, -0.2) is 0 Å². The predicted molar refractivity (Wildman–Crippen MR) is 70.0 cm³/mol. The van der Waals surface area contributed by atoms with Crippen molar-refractivity contribution in [1.82, 2.24) is 5.32 Å². The Kier molecular flexibility index (Phi) is 3.72. The second-order valence-corrected chi connectivity index (χ2v) is 6.56. The van der Waals surface area contributed by atoms with Crippen LogP contribution in [0.15, 0.2) is 0 Å². The number of fused-ring (bicyclic) bond motifs is 2. The van der Waals surface area contributed by atoms with Gasteiger partial charge in [0.1, 0.15) is 0 Å². The van der Waals surface area contributed by atoms with Crippen LogP contribution in [-0.4, -0.2) is 25.8 Å². The van der Waals surface area contributed by atoms with Crippen LogP contribution >= 0.6 is 0 Å². The van der Waals surface area contributed by atoms with Crippen LogP contribution in [0.1, 0.15) is 51.4 Å². The fourth-order valence-electron chi connectivity index (χ4n) is 4.49. The van der Waals surface area contributed by atoms with Gasteiger partial charge in [0, 0.05) is 13.2 Å². The minimum absolute atomic E-state index is 0.515. The van der Waals surface area contributed by atoms with E-state index in [-0.39, 0.29) is 0 Å². The molecule has 0 aromatic heterocycles. The Hall–Kier alpha value is -0.0800. The number of ether oxygens (including phenoxy) is 1. The molecule has 3 aliphatic carbocycles. The molecule has 2 heteroatoms. The van der Waals surface area contributed by atoms with Gasteiger partial charge >= 0.3 is 0 Å². The second-order valence-electron chi connectivity index (χ2n) is 6.56. The lowest BCUT2D eigenvalue weighted by atomic mass is 9.87. The van der Waals surface area contributed by atoms with Crippen LogP contribution in [0.4, 0.5) is 0 Å². The van der Waals surface area contributed by atoms with Gasteiger partial charge in [-0.1, -0.05) is 6.42 Å². The van der Waals surface area contributed by atoms with Crippen LogP contribution in [-0.2, 0) is 4.74 Å². The number of nitrogens with one attached hydrogen (secondary N) is 1. The Balaban J connectivity index is 1.42. The summed E-state index contributed by atoms with van der Waals surface area (Å²) in [7, 11) is 1.86. The number of hydrogen-bond donors (Lipinski definition) is 1. The zero-order valence-corrected chi connectivity index (χ0v) is 11.2. The topological polar surface area (TPSA) is 21.3 Å². The fraction of sp³-hybridized carbons (Fsp3) is 1.00. The van der Waals surface area contributed by atoms with Crippen molar-refractivity contribution in [2.45, 2.75) is 63.5 Å². The van der Waals surface area contributed by atoms with E-state index < -0.39 is 0 Å². The standard InChI is InChI=1S/C15H27NO/c1-17-15-4-2-3-14(9-15)16-10-13-8-11-5-6-12(13)7-11/h11-16H,2-10H2,1H3. The van der Waals surface area contributed by atoms with E-state index in [4.69, 9.17) is 4.74 Å². The third-order valence-electron chi connectivity index (χ3n) is 5.51. The van der Waals surface area contributed by atoms with Gasteiger partial charge in [0.05, 0.1) is 6.10 Å². The molecule has 5 unspecified atom stereocenters. The summed E-state index contributed by atoms with van der Waals surface area (Å²) in [6.07, 6.45) is 11.8. The first-order chi connectivity index (χ1) is 8.35. The maximum atomic E-state index is 5.50. The first kappa shape index (κ1) is 12.0. The maximum absolute atomic E-state index is 5.50. The maximum Gasteiger partial charge on any atom is 0.0586 e. The van der Waals surface area contributed by atoms with Gasteiger partial charge in [0.2, 0.25) is 0 Å². The van der Waals surface area contributed by atoms with E-state index in [1.807, 2.05) is 7.11 Å². The van der Waals surface area contributed by atoms with Crippen molar-refractivity contribution < 1.29 is 4.74 Å². The highest BCUT2D eigenvalue weighted by molar-refractivity contribution is 4.91. The van der Waals surface area contributed by atoms with Crippen LogP contribution in [0.5, 0.6) is 0 Å². The third kappa shape index (κ3) is 2.68. The molecule has 3 aliphatic rings. The van der Waals surface area contributed by atoms with Gasteiger partial charge in [-0.05, 0) is 69.2 Å². The van der Waals surface area contributed by atoms with Crippen molar-refractivity contribution in [3.8, 4) is 0 Å². The lowest BCUT2D eigenvalue weighted by molar-refractivity contribution is 0.0577. The van der Waals surface area contributed by atoms with Crippen molar-refractivity contribution in [2.75, 3.05) is 13.7 Å². The summed E-state index contributed by atoms with van der Waals surface area (Å²) < 4.78 is 5.50. The smallest absolute Gasteiger partial charge is 0.0586 e. The molecule has 3 rings (SSSR count). The Bertz CT molecular complexity index is 255. The van der Waals surface area contributed by atoms with Gasteiger partial charge in [-0.15, -0.1) is 0 Å². The summed E-state index contributed by atoms with van der Waals surface area (Å²) in [6.45, 7) is 1.28. The molecule has 0 heterocycles. The molecule has 3 fully saturated rings. The number of methoxy groups -OCH3 is 1. The van der Waals surface area contributed by atoms with E-state index in [1.165, 1.54) is 57.9 Å². The molecule has 2 bridgehead atoms. The molecule has 0 aromatic rings. The van der Waals surface area contributed by atoms with Crippen LogP contribution in [0.2, 0.25) is 0 Å². The molecule has 0 radical (unpaired) electrons. The predicted octanol–water partition coefficient (Wildman–Crippen LogP) is 2.97. The quantitative estimate of drug-likeness (QED) is 0.811. The molecular formula is C15H27NO. The second kappa shape index (κ2) is 5.27.